The average molecular weight is 489 g/mol. The molecule has 2 unspecified atom stereocenters. The molecule has 180 valence electrons. The fourth-order valence-corrected chi connectivity index (χ4v) is 7.67. The summed E-state index contributed by atoms with van der Waals surface area (Å²) in [6.45, 7) is 2.02. The first kappa shape index (κ1) is 21.6. The van der Waals surface area contributed by atoms with E-state index in [0.717, 1.165) is 43.2 Å². The molecule has 35 heavy (non-hydrogen) atoms. The number of ketones is 1. The first-order valence-electron chi connectivity index (χ1n) is 12.8. The highest BCUT2D eigenvalue weighted by Crippen LogP contribution is 2.63. The zero-order chi connectivity index (χ0) is 23.8. The molecule has 6 heteroatoms. The van der Waals surface area contributed by atoms with Gasteiger partial charge in [-0.3, -0.25) is 14.5 Å². The molecule has 0 radical (unpaired) electrons. The van der Waals surface area contributed by atoms with Gasteiger partial charge in [0.1, 0.15) is 5.75 Å². The van der Waals surface area contributed by atoms with Gasteiger partial charge >= 0.3 is 0 Å². The Morgan fingerprint density at radius 1 is 1.17 bits per heavy atom. The molecule has 5 nitrogen and oxygen atoms in total. The first-order valence-corrected chi connectivity index (χ1v) is 13.2. The highest BCUT2D eigenvalue weighted by molar-refractivity contribution is 6.30. The molecular formula is C29H29ClN2O3. The lowest BCUT2D eigenvalue weighted by Gasteiger charge is -2.65. The predicted octanol–water partition coefficient (Wildman–Crippen LogP) is 4.31. The van der Waals surface area contributed by atoms with Crippen LogP contribution in [0, 0.1) is 5.92 Å². The summed E-state index contributed by atoms with van der Waals surface area (Å²) < 4.78 is 6.42. The third kappa shape index (κ3) is 3.10. The van der Waals surface area contributed by atoms with Crippen molar-refractivity contribution < 1.29 is 14.3 Å². The van der Waals surface area contributed by atoms with Gasteiger partial charge in [0, 0.05) is 35.7 Å². The van der Waals surface area contributed by atoms with E-state index in [0.29, 0.717) is 17.9 Å². The molecule has 2 aromatic carbocycles. The summed E-state index contributed by atoms with van der Waals surface area (Å²) in [6, 6.07) is 13.9. The summed E-state index contributed by atoms with van der Waals surface area (Å²) in [4.78, 5) is 29.4. The number of piperidine rings is 1. The normalized spacial score (nSPS) is 32.9. The highest BCUT2D eigenvalue weighted by atomic mass is 35.5. The molecule has 1 N–H and O–H groups in total. The van der Waals surface area contributed by atoms with Gasteiger partial charge < -0.3 is 10.1 Å². The van der Waals surface area contributed by atoms with Crippen LogP contribution in [0.4, 0.5) is 0 Å². The first-order chi connectivity index (χ1) is 17.0. The monoisotopic (exact) mass is 488 g/mol. The number of nitrogens with one attached hydrogen (secondary N) is 1. The largest absolute Gasteiger partial charge is 0.481 e. The van der Waals surface area contributed by atoms with Crippen LogP contribution in [0.5, 0.6) is 5.75 Å². The van der Waals surface area contributed by atoms with Crippen molar-refractivity contribution in [2.75, 3.05) is 13.1 Å². The van der Waals surface area contributed by atoms with E-state index in [4.69, 9.17) is 16.3 Å². The van der Waals surface area contributed by atoms with Gasteiger partial charge in [-0.1, -0.05) is 35.9 Å². The number of amides is 1. The molecule has 5 aliphatic rings. The van der Waals surface area contributed by atoms with Gasteiger partial charge in [-0.25, -0.2) is 0 Å². The van der Waals surface area contributed by atoms with Crippen molar-refractivity contribution in [3.8, 4) is 5.75 Å². The van der Waals surface area contributed by atoms with Crippen LogP contribution in [0.15, 0.2) is 48.5 Å². The Labute approximate surface area is 210 Å². The van der Waals surface area contributed by atoms with Crippen LogP contribution in [0.2, 0.25) is 5.02 Å². The van der Waals surface area contributed by atoms with Crippen molar-refractivity contribution in [2.24, 2.45) is 5.92 Å². The minimum atomic E-state index is -0.528. The van der Waals surface area contributed by atoms with Gasteiger partial charge in [0.2, 0.25) is 5.91 Å². The van der Waals surface area contributed by atoms with Crippen LogP contribution in [-0.4, -0.2) is 47.4 Å². The maximum Gasteiger partial charge on any atom is 0.244 e. The Morgan fingerprint density at radius 2 is 2.00 bits per heavy atom. The lowest BCUT2D eigenvalue weighted by Crippen LogP contribution is -2.81. The number of ether oxygens (including phenoxy) is 1. The molecule has 1 amide bonds. The van der Waals surface area contributed by atoms with E-state index in [1.165, 1.54) is 24.0 Å². The van der Waals surface area contributed by atoms with Crippen LogP contribution in [0.25, 0.3) is 6.08 Å². The number of carbonyl (C=O) groups excluding carboxylic acids is 2. The van der Waals surface area contributed by atoms with Crippen molar-refractivity contribution in [2.45, 2.75) is 61.6 Å². The Kier molecular flexibility index (Phi) is 4.75. The van der Waals surface area contributed by atoms with E-state index < -0.39 is 17.1 Å². The summed E-state index contributed by atoms with van der Waals surface area (Å²) in [7, 11) is 0. The minimum Gasteiger partial charge on any atom is -0.481 e. The van der Waals surface area contributed by atoms with Crippen molar-refractivity contribution in [3.05, 3.63) is 70.3 Å². The summed E-state index contributed by atoms with van der Waals surface area (Å²) in [6.07, 6.45) is 8.33. The third-order valence-corrected chi connectivity index (χ3v) is 9.41. The molecule has 2 heterocycles. The lowest BCUT2D eigenvalue weighted by molar-refractivity contribution is -0.148. The van der Waals surface area contributed by atoms with Crippen molar-refractivity contribution in [1.29, 1.82) is 0 Å². The van der Waals surface area contributed by atoms with E-state index in [1.807, 2.05) is 42.5 Å². The smallest absolute Gasteiger partial charge is 0.244 e. The molecule has 3 fully saturated rings. The average Bonchev–Trinajstić information content (AvgIpc) is 3.60. The van der Waals surface area contributed by atoms with E-state index in [1.54, 1.807) is 6.08 Å². The van der Waals surface area contributed by atoms with Crippen molar-refractivity contribution >= 4 is 29.4 Å². The molecule has 7 rings (SSSR count). The van der Waals surface area contributed by atoms with Gasteiger partial charge in [-0.15, -0.1) is 0 Å². The van der Waals surface area contributed by atoms with Crippen LogP contribution in [-0.2, 0) is 21.4 Å². The summed E-state index contributed by atoms with van der Waals surface area (Å²) in [5, 5.41) is 4.20. The Balaban J connectivity index is 1.31. The number of benzene rings is 2. The van der Waals surface area contributed by atoms with Gasteiger partial charge in [-0.05, 0) is 80.0 Å². The molecule has 1 spiro atoms. The van der Waals surface area contributed by atoms with Crippen LogP contribution in [0.3, 0.4) is 0 Å². The quantitative estimate of drug-likeness (QED) is 0.637. The fraction of sp³-hybridized carbons (Fsp3) is 0.448. The highest BCUT2D eigenvalue weighted by Gasteiger charge is 2.73. The Bertz CT molecular complexity index is 1250. The van der Waals surface area contributed by atoms with E-state index in [9.17, 15) is 9.59 Å². The number of likely N-dealkylation sites (tertiary alicyclic amines) is 1. The van der Waals surface area contributed by atoms with E-state index in [2.05, 4.69) is 16.3 Å². The van der Waals surface area contributed by atoms with E-state index in [-0.39, 0.29) is 17.7 Å². The maximum absolute atomic E-state index is 13.5. The predicted molar refractivity (Wildman–Crippen MR) is 135 cm³/mol. The Morgan fingerprint density at radius 3 is 2.80 bits per heavy atom. The molecule has 3 aliphatic carbocycles. The lowest BCUT2D eigenvalue weighted by atomic mass is 9.47. The summed E-state index contributed by atoms with van der Waals surface area (Å²) >= 11 is 6.01. The second-order valence-corrected chi connectivity index (χ2v) is 11.4. The van der Waals surface area contributed by atoms with Crippen molar-refractivity contribution in [3.63, 3.8) is 0 Å². The molecule has 2 bridgehead atoms. The van der Waals surface area contributed by atoms with Gasteiger partial charge in [-0.2, -0.15) is 0 Å². The second-order valence-electron chi connectivity index (χ2n) is 11.0. The number of hydrogen-bond donors (Lipinski definition) is 1. The molecule has 0 aromatic heterocycles. The van der Waals surface area contributed by atoms with Gasteiger partial charge in [0.05, 0.1) is 11.0 Å². The van der Waals surface area contributed by atoms with Crippen LogP contribution < -0.4 is 10.1 Å². The molecule has 4 atom stereocenters. The minimum absolute atomic E-state index is 0.112. The number of Topliss-reactive ketones (excluding diaryl/α,β-unsaturated/α-hetero) is 1. The van der Waals surface area contributed by atoms with Crippen LogP contribution >= 0.6 is 11.6 Å². The molecule has 2 aliphatic heterocycles. The number of nitrogens with zero attached hydrogens (tertiary/aromatic N) is 1. The van der Waals surface area contributed by atoms with Gasteiger partial charge in [0.25, 0.3) is 0 Å². The molecule has 2 saturated carbocycles. The summed E-state index contributed by atoms with van der Waals surface area (Å²) in [5.74, 6) is 1.66. The van der Waals surface area contributed by atoms with Crippen LogP contribution in [0.1, 0.15) is 48.8 Å². The maximum atomic E-state index is 13.5. The zero-order valence-electron chi connectivity index (χ0n) is 19.6. The third-order valence-electron chi connectivity index (χ3n) is 9.15. The standard InChI is InChI=1S/C29H29ClN2O3/c30-21-9-6-18(7-10-21)8-11-25(34)31-29-13-12-22(33)27-28(29)14-15-32(17-19-4-5-19)24(29)16-20-2-1-3-23(35-27)26(20)28/h1-3,6-11,19,24,27H,4-5,12-17H2,(H,31,34)/b11-8+/t24-,27?,28+,29?/m1/s1. The van der Waals surface area contributed by atoms with Gasteiger partial charge in [0.15, 0.2) is 11.9 Å². The second kappa shape index (κ2) is 7.68. The summed E-state index contributed by atoms with van der Waals surface area (Å²) in [5.41, 5.74) is 2.36. The molecular weight excluding hydrogens is 460 g/mol. The van der Waals surface area contributed by atoms with E-state index >= 15 is 0 Å². The number of rotatable bonds is 5. The number of hydrogen-bond acceptors (Lipinski definition) is 4. The number of halogens is 1. The van der Waals surface area contributed by atoms with Crippen molar-refractivity contribution in [1.82, 2.24) is 10.2 Å². The number of carbonyl (C=O) groups is 2. The fourth-order valence-electron chi connectivity index (χ4n) is 7.54. The zero-order valence-corrected chi connectivity index (χ0v) is 20.4. The SMILES string of the molecule is O=C(/C=C/c1ccc(Cl)cc1)NC12CCC(=O)C3Oc4cccc5c4[C@@]31CCN(CC1CC1)[C@@H]2C5. The Hall–Kier alpha value is -2.63. The topological polar surface area (TPSA) is 58.6 Å². The molecule has 2 aromatic rings. The molecule has 1 saturated heterocycles.